The quantitative estimate of drug-likeness (QED) is 0.734. The predicted molar refractivity (Wildman–Crippen MR) is 117 cm³/mol. The molecule has 0 unspecified atom stereocenters. The van der Waals surface area contributed by atoms with Crippen LogP contribution in [-0.2, 0) is 4.79 Å². The molecule has 0 bridgehead atoms. The number of anilines is 1. The third kappa shape index (κ3) is 4.56. The number of carbonyl (C=O) groups is 2. The maximum Gasteiger partial charge on any atom is 0.410 e. The Balaban J connectivity index is 1.57. The van der Waals surface area contributed by atoms with Crippen LogP contribution in [0.3, 0.4) is 0 Å². The van der Waals surface area contributed by atoms with Crippen molar-refractivity contribution in [3.05, 3.63) is 47.7 Å². The Kier molecular flexibility index (Phi) is 5.88. The summed E-state index contributed by atoms with van der Waals surface area (Å²) in [6, 6.07) is 6.45. The van der Waals surface area contributed by atoms with E-state index >= 15 is 0 Å². The van der Waals surface area contributed by atoms with Crippen LogP contribution in [0.15, 0.2) is 36.5 Å². The summed E-state index contributed by atoms with van der Waals surface area (Å²) in [5, 5.41) is 7.07. The summed E-state index contributed by atoms with van der Waals surface area (Å²) in [6.45, 7) is 6.94. The second kappa shape index (κ2) is 8.39. The Hall–Kier alpha value is -3.04. The van der Waals surface area contributed by atoms with Gasteiger partial charge in [-0.15, -0.1) is 0 Å². The van der Waals surface area contributed by atoms with Crippen LogP contribution in [0.5, 0.6) is 0 Å². The molecular formula is C23H28F3N5O2. The largest absolute Gasteiger partial charge is 0.410 e. The molecular weight excluding hydrogens is 435 g/mol. The minimum absolute atomic E-state index is 0.0119. The van der Waals surface area contributed by atoms with Crippen molar-refractivity contribution in [3.8, 4) is 0 Å². The van der Waals surface area contributed by atoms with Crippen molar-refractivity contribution in [2.45, 2.75) is 45.5 Å². The van der Waals surface area contributed by atoms with Crippen molar-refractivity contribution in [1.29, 1.82) is 0 Å². The molecule has 1 saturated heterocycles. The van der Waals surface area contributed by atoms with Gasteiger partial charge >= 0.3 is 6.18 Å². The highest BCUT2D eigenvalue weighted by Gasteiger charge is 2.47. The Morgan fingerprint density at radius 2 is 1.61 bits per heavy atom. The van der Waals surface area contributed by atoms with Crippen LogP contribution in [0.4, 0.5) is 19.0 Å². The average Bonchev–Trinajstić information content (AvgIpc) is 3.20. The number of fused-ring (bicyclic) bond motifs is 1. The molecule has 0 aliphatic carbocycles. The average molecular weight is 464 g/mol. The van der Waals surface area contributed by atoms with Crippen LogP contribution in [-0.4, -0.2) is 63.7 Å². The van der Waals surface area contributed by atoms with E-state index in [1.54, 1.807) is 40.1 Å². The van der Waals surface area contributed by atoms with E-state index in [0.29, 0.717) is 31.7 Å². The van der Waals surface area contributed by atoms with Gasteiger partial charge in [0.1, 0.15) is 11.4 Å². The second-order valence-corrected chi connectivity index (χ2v) is 9.59. The molecule has 3 heterocycles. The smallest absolute Gasteiger partial charge is 0.363 e. The number of hydrogen-bond acceptors (Lipinski definition) is 4. The van der Waals surface area contributed by atoms with Gasteiger partial charge < -0.3 is 15.1 Å². The van der Waals surface area contributed by atoms with Crippen molar-refractivity contribution >= 4 is 17.6 Å². The van der Waals surface area contributed by atoms with Gasteiger partial charge in [0.05, 0.1) is 12.2 Å². The molecule has 1 aromatic heterocycles. The van der Waals surface area contributed by atoms with E-state index in [2.05, 4.69) is 10.4 Å². The molecule has 7 nitrogen and oxygen atoms in total. The third-order valence-electron chi connectivity index (χ3n) is 6.17. The number of hydrogen-bond donors (Lipinski definition) is 1. The van der Waals surface area contributed by atoms with Crippen LogP contribution in [0.1, 0.15) is 55.2 Å². The first-order valence-electron chi connectivity index (χ1n) is 11.0. The topological polar surface area (TPSA) is 70.5 Å². The first-order valence-corrected chi connectivity index (χ1v) is 11.0. The molecule has 0 saturated carbocycles. The van der Waals surface area contributed by atoms with E-state index in [1.165, 1.54) is 6.20 Å². The first-order chi connectivity index (χ1) is 15.5. The number of halogens is 3. The lowest BCUT2D eigenvalue weighted by atomic mass is 9.94. The van der Waals surface area contributed by atoms with Crippen molar-refractivity contribution in [1.82, 2.24) is 19.6 Å². The normalized spacial score (nSPS) is 21.4. The summed E-state index contributed by atoms with van der Waals surface area (Å²) < 4.78 is 42.5. The summed E-state index contributed by atoms with van der Waals surface area (Å²) >= 11 is 0. The SMILES string of the molecule is CC(C)(C)C(=O)N1CCN(C(=O)c2cnn3c2N[C@@H](c2ccccc2)C[C@H]3C(F)(F)F)CC1. The van der Waals surface area contributed by atoms with Crippen LogP contribution in [0.25, 0.3) is 0 Å². The van der Waals surface area contributed by atoms with Crippen LogP contribution >= 0.6 is 0 Å². The number of aromatic nitrogens is 2. The predicted octanol–water partition coefficient (Wildman–Crippen LogP) is 3.87. The Labute approximate surface area is 190 Å². The van der Waals surface area contributed by atoms with Crippen molar-refractivity contribution in [2.24, 2.45) is 5.41 Å². The number of alkyl halides is 3. The lowest BCUT2D eigenvalue weighted by Gasteiger charge is -2.38. The minimum Gasteiger partial charge on any atom is -0.363 e. The monoisotopic (exact) mass is 463 g/mol. The Bertz CT molecular complexity index is 1020. The molecule has 0 radical (unpaired) electrons. The number of piperazine rings is 1. The molecule has 1 aromatic carbocycles. The molecule has 10 heteroatoms. The number of nitrogens with one attached hydrogen (secondary N) is 1. The number of benzene rings is 1. The van der Waals surface area contributed by atoms with Gasteiger partial charge in [-0.1, -0.05) is 51.1 Å². The van der Waals surface area contributed by atoms with Gasteiger partial charge in [0, 0.05) is 38.0 Å². The number of rotatable bonds is 2. The van der Waals surface area contributed by atoms with E-state index in [1.807, 2.05) is 20.8 Å². The molecule has 1 fully saturated rings. The third-order valence-corrected chi connectivity index (χ3v) is 6.17. The van der Waals surface area contributed by atoms with Crippen molar-refractivity contribution < 1.29 is 22.8 Å². The first kappa shape index (κ1) is 23.1. The van der Waals surface area contributed by atoms with E-state index in [0.717, 1.165) is 4.68 Å². The summed E-state index contributed by atoms with van der Waals surface area (Å²) in [5.41, 5.74) is 0.313. The molecule has 178 valence electrons. The zero-order valence-electron chi connectivity index (χ0n) is 18.9. The van der Waals surface area contributed by atoms with Crippen molar-refractivity contribution in [3.63, 3.8) is 0 Å². The fraction of sp³-hybridized carbons (Fsp3) is 0.522. The molecule has 2 aliphatic heterocycles. The van der Waals surface area contributed by atoms with E-state index < -0.39 is 23.7 Å². The van der Waals surface area contributed by atoms with E-state index in [9.17, 15) is 22.8 Å². The molecule has 2 aromatic rings. The van der Waals surface area contributed by atoms with Crippen LogP contribution < -0.4 is 5.32 Å². The molecule has 4 rings (SSSR count). The summed E-state index contributed by atoms with van der Waals surface area (Å²) in [6.07, 6.45) is -3.51. The zero-order chi connectivity index (χ0) is 24.0. The minimum atomic E-state index is -4.50. The summed E-state index contributed by atoms with van der Waals surface area (Å²) in [7, 11) is 0. The number of amides is 2. The molecule has 1 N–H and O–H groups in total. The number of carbonyl (C=O) groups excluding carboxylic acids is 2. The molecule has 2 aliphatic rings. The number of nitrogens with zero attached hydrogens (tertiary/aromatic N) is 4. The lowest BCUT2D eigenvalue weighted by Crippen LogP contribution is -2.53. The van der Waals surface area contributed by atoms with Gasteiger partial charge in [-0.05, 0) is 5.56 Å². The van der Waals surface area contributed by atoms with E-state index in [4.69, 9.17) is 0 Å². The lowest BCUT2D eigenvalue weighted by molar-refractivity contribution is -0.173. The van der Waals surface area contributed by atoms with Crippen LogP contribution in [0.2, 0.25) is 0 Å². The van der Waals surface area contributed by atoms with Crippen LogP contribution in [0, 0.1) is 5.41 Å². The highest BCUT2D eigenvalue weighted by atomic mass is 19.4. The molecule has 2 atom stereocenters. The Morgan fingerprint density at radius 1 is 1.00 bits per heavy atom. The molecule has 0 spiro atoms. The standard InChI is InChI=1S/C23H28F3N5O2/c1-22(2,3)21(33)30-11-9-29(10-12-30)20(32)16-14-27-31-18(23(24,25)26)13-17(28-19(16)31)15-7-5-4-6-8-15/h4-8,14,17-18,28H,9-13H2,1-3H3/t17-,18+/m1/s1. The van der Waals surface area contributed by atoms with Gasteiger partial charge in [-0.25, -0.2) is 4.68 Å². The Morgan fingerprint density at radius 3 is 2.18 bits per heavy atom. The fourth-order valence-electron chi connectivity index (χ4n) is 4.38. The van der Waals surface area contributed by atoms with Gasteiger partial charge in [-0.3, -0.25) is 9.59 Å². The zero-order valence-corrected chi connectivity index (χ0v) is 18.9. The molecule has 33 heavy (non-hydrogen) atoms. The maximum atomic E-state index is 13.9. The van der Waals surface area contributed by atoms with Gasteiger partial charge in [0.2, 0.25) is 5.91 Å². The fourth-order valence-corrected chi connectivity index (χ4v) is 4.38. The maximum absolute atomic E-state index is 13.9. The van der Waals surface area contributed by atoms with Gasteiger partial charge in [-0.2, -0.15) is 18.3 Å². The summed E-state index contributed by atoms with van der Waals surface area (Å²) in [5.74, 6) is -0.297. The van der Waals surface area contributed by atoms with Crippen molar-refractivity contribution in [2.75, 3.05) is 31.5 Å². The molecule has 2 amide bonds. The highest BCUT2D eigenvalue weighted by molar-refractivity contribution is 5.99. The highest BCUT2D eigenvalue weighted by Crippen LogP contribution is 2.44. The van der Waals surface area contributed by atoms with Gasteiger partial charge in [0.15, 0.2) is 6.04 Å². The second-order valence-electron chi connectivity index (χ2n) is 9.59. The van der Waals surface area contributed by atoms with Gasteiger partial charge in [0.25, 0.3) is 5.91 Å². The van der Waals surface area contributed by atoms with E-state index in [-0.39, 0.29) is 29.6 Å². The summed E-state index contributed by atoms with van der Waals surface area (Å²) in [4.78, 5) is 29.1.